The van der Waals surface area contributed by atoms with Gasteiger partial charge in [0.25, 0.3) is 5.56 Å². The predicted molar refractivity (Wildman–Crippen MR) is 138 cm³/mol. The first kappa shape index (κ1) is 24.9. The van der Waals surface area contributed by atoms with Gasteiger partial charge in [-0.15, -0.1) is 0 Å². The normalized spacial score (nSPS) is 15.3. The fraction of sp³-hybridized carbons (Fsp3) is 0.385. The third-order valence-corrected chi connectivity index (χ3v) is 6.87. The number of carbonyl (C=O) groups excluding carboxylic acids is 1. The smallest absolute Gasteiger partial charge is 0.346 e. The second-order valence-corrected chi connectivity index (χ2v) is 9.35. The lowest BCUT2D eigenvalue weighted by atomic mass is 9.88. The molecule has 0 spiro atoms. The van der Waals surface area contributed by atoms with Gasteiger partial charge in [0, 0.05) is 16.0 Å². The molecule has 0 bridgehead atoms. The third-order valence-electron chi connectivity index (χ3n) is 6.18. The monoisotopic (exact) mass is 541 g/mol. The molecule has 35 heavy (non-hydrogen) atoms. The quantitative estimate of drug-likeness (QED) is 0.307. The number of aromatic nitrogens is 2. The molecule has 1 heterocycles. The van der Waals surface area contributed by atoms with Crippen LogP contribution in [0.2, 0.25) is 0 Å². The SMILES string of the molecule is COC(=O)[C@H](C)Oc1cc(Br)c(C=Nn2c(C3CCCCC3)nc3ccccc3c2=O)cc1OC. The number of hydrogen-bond donors (Lipinski definition) is 0. The van der Waals surface area contributed by atoms with Crippen molar-refractivity contribution in [3.8, 4) is 11.5 Å². The molecule has 1 aliphatic rings. The van der Waals surface area contributed by atoms with Crippen LogP contribution in [0.4, 0.5) is 0 Å². The first-order chi connectivity index (χ1) is 16.9. The van der Waals surface area contributed by atoms with Crippen LogP contribution in [0.15, 0.2) is 50.8 Å². The summed E-state index contributed by atoms with van der Waals surface area (Å²) in [5.74, 6) is 1.18. The van der Waals surface area contributed by atoms with Gasteiger partial charge in [-0.25, -0.2) is 9.78 Å². The molecule has 0 N–H and O–H groups in total. The van der Waals surface area contributed by atoms with Gasteiger partial charge in [-0.3, -0.25) is 4.79 Å². The number of halogens is 1. The number of esters is 1. The molecule has 0 amide bonds. The van der Waals surface area contributed by atoms with Gasteiger partial charge in [0.1, 0.15) is 5.82 Å². The number of rotatable bonds is 7. The zero-order valence-corrected chi connectivity index (χ0v) is 21.6. The lowest BCUT2D eigenvalue weighted by molar-refractivity contribution is -0.147. The summed E-state index contributed by atoms with van der Waals surface area (Å²) < 4.78 is 18.0. The molecule has 4 rings (SSSR count). The van der Waals surface area contributed by atoms with Crippen LogP contribution < -0.4 is 15.0 Å². The van der Waals surface area contributed by atoms with E-state index < -0.39 is 12.1 Å². The number of benzene rings is 2. The molecule has 1 saturated carbocycles. The topological polar surface area (TPSA) is 92.0 Å². The van der Waals surface area contributed by atoms with Crippen LogP contribution in [-0.4, -0.2) is 42.2 Å². The zero-order valence-electron chi connectivity index (χ0n) is 20.0. The second-order valence-electron chi connectivity index (χ2n) is 8.49. The second kappa shape index (κ2) is 11.0. The van der Waals surface area contributed by atoms with Crippen molar-refractivity contribution in [3.63, 3.8) is 0 Å². The first-order valence-electron chi connectivity index (χ1n) is 11.6. The zero-order chi connectivity index (χ0) is 24.9. The van der Waals surface area contributed by atoms with Gasteiger partial charge in [0.05, 0.1) is 31.3 Å². The molecule has 1 fully saturated rings. The van der Waals surface area contributed by atoms with Crippen LogP contribution in [-0.2, 0) is 9.53 Å². The average molecular weight is 542 g/mol. The molecule has 0 saturated heterocycles. The van der Waals surface area contributed by atoms with E-state index in [-0.39, 0.29) is 11.5 Å². The van der Waals surface area contributed by atoms with E-state index in [9.17, 15) is 9.59 Å². The summed E-state index contributed by atoms with van der Waals surface area (Å²) in [6, 6.07) is 10.8. The van der Waals surface area contributed by atoms with E-state index in [1.54, 1.807) is 31.3 Å². The van der Waals surface area contributed by atoms with Crippen molar-refractivity contribution in [1.82, 2.24) is 9.66 Å². The van der Waals surface area contributed by atoms with Crippen LogP contribution in [0.1, 0.15) is 56.3 Å². The van der Waals surface area contributed by atoms with E-state index >= 15 is 0 Å². The highest BCUT2D eigenvalue weighted by Gasteiger charge is 2.23. The summed E-state index contributed by atoms with van der Waals surface area (Å²) in [7, 11) is 2.82. The van der Waals surface area contributed by atoms with Gasteiger partial charge in [-0.1, -0.05) is 31.4 Å². The molecule has 2 aromatic carbocycles. The summed E-state index contributed by atoms with van der Waals surface area (Å²) in [5.41, 5.74) is 1.17. The molecular formula is C26H28BrN3O5. The summed E-state index contributed by atoms with van der Waals surface area (Å²) in [6.45, 7) is 1.60. The molecule has 9 heteroatoms. The minimum atomic E-state index is -0.805. The van der Waals surface area contributed by atoms with Crippen molar-refractivity contribution in [2.45, 2.75) is 51.0 Å². The molecular weight excluding hydrogens is 514 g/mol. The van der Waals surface area contributed by atoms with Gasteiger partial charge < -0.3 is 14.2 Å². The van der Waals surface area contributed by atoms with Gasteiger partial charge >= 0.3 is 5.97 Å². The largest absolute Gasteiger partial charge is 0.493 e. The summed E-state index contributed by atoms with van der Waals surface area (Å²) in [6.07, 6.45) is 6.21. The van der Waals surface area contributed by atoms with Crippen molar-refractivity contribution in [1.29, 1.82) is 0 Å². The van der Waals surface area contributed by atoms with Crippen LogP contribution >= 0.6 is 15.9 Å². The molecule has 8 nitrogen and oxygen atoms in total. The van der Waals surface area contributed by atoms with E-state index in [0.29, 0.717) is 38.3 Å². The number of ether oxygens (including phenoxy) is 3. The standard InChI is InChI=1S/C26H28BrN3O5/c1-16(26(32)34-3)35-23-14-20(27)18(13-22(23)33-2)15-28-30-24(17-9-5-4-6-10-17)29-21-12-8-7-11-19(21)25(30)31/h7-8,11-17H,4-6,9-10H2,1-3H3/t16-/m0/s1. The molecule has 3 aromatic rings. The molecule has 1 aromatic heterocycles. The van der Waals surface area contributed by atoms with E-state index in [1.165, 1.54) is 25.3 Å². The number of nitrogens with zero attached hydrogens (tertiary/aromatic N) is 3. The fourth-order valence-corrected chi connectivity index (χ4v) is 4.73. The van der Waals surface area contributed by atoms with Crippen LogP contribution in [0.25, 0.3) is 10.9 Å². The molecule has 184 valence electrons. The number of hydrogen-bond acceptors (Lipinski definition) is 7. The fourth-order valence-electron chi connectivity index (χ4n) is 4.30. The van der Waals surface area contributed by atoms with Crippen molar-refractivity contribution in [3.05, 3.63) is 62.6 Å². The Morgan fingerprint density at radius 1 is 1.17 bits per heavy atom. The highest BCUT2D eigenvalue weighted by atomic mass is 79.9. The number of fused-ring (bicyclic) bond motifs is 1. The molecule has 1 aliphatic carbocycles. The maximum atomic E-state index is 13.4. The number of para-hydroxylation sites is 1. The maximum absolute atomic E-state index is 13.4. The number of carbonyl (C=O) groups is 1. The first-order valence-corrected chi connectivity index (χ1v) is 12.4. The summed E-state index contributed by atoms with van der Waals surface area (Å²) in [5, 5.41) is 5.11. The molecule has 1 atom stereocenters. The van der Waals surface area contributed by atoms with Crippen molar-refractivity contribution in [2.75, 3.05) is 14.2 Å². The lowest BCUT2D eigenvalue weighted by Crippen LogP contribution is -2.25. The summed E-state index contributed by atoms with van der Waals surface area (Å²) in [4.78, 5) is 30.0. The van der Waals surface area contributed by atoms with Crippen molar-refractivity contribution in [2.24, 2.45) is 5.10 Å². The maximum Gasteiger partial charge on any atom is 0.346 e. The van der Waals surface area contributed by atoms with E-state index in [0.717, 1.165) is 25.7 Å². The van der Waals surface area contributed by atoms with Gasteiger partial charge in [0.2, 0.25) is 0 Å². The van der Waals surface area contributed by atoms with Crippen molar-refractivity contribution >= 4 is 39.0 Å². The highest BCUT2D eigenvalue weighted by molar-refractivity contribution is 9.10. The van der Waals surface area contributed by atoms with E-state index in [1.807, 2.05) is 18.2 Å². The molecule has 0 radical (unpaired) electrons. The van der Waals surface area contributed by atoms with Gasteiger partial charge in [-0.05, 0) is 60.0 Å². The Balaban J connectivity index is 1.74. The average Bonchev–Trinajstić information content (AvgIpc) is 2.89. The van der Waals surface area contributed by atoms with Gasteiger partial charge in [-0.2, -0.15) is 9.78 Å². The minimum absolute atomic E-state index is 0.187. The predicted octanol–water partition coefficient (Wildman–Crippen LogP) is 5.04. The Labute approximate surface area is 212 Å². The highest BCUT2D eigenvalue weighted by Crippen LogP contribution is 2.34. The summed E-state index contributed by atoms with van der Waals surface area (Å²) >= 11 is 3.54. The Bertz CT molecular complexity index is 1310. The van der Waals surface area contributed by atoms with E-state index in [4.69, 9.17) is 19.2 Å². The Kier molecular flexibility index (Phi) is 7.85. The van der Waals surface area contributed by atoms with Crippen LogP contribution in [0.3, 0.4) is 0 Å². The van der Waals surface area contributed by atoms with Gasteiger partial charge in [0.15, 0.2) is 17.6 Å². The van der Waals surface area contributed by atoms with Crippen LogP contribution in [0, 0.1) is 0 Å². The Morgan fingerprint density at radius 2 is 1.91 bits per heavy atom. The molecule has 0 unspecified atom stereocenters. The van der Waals surface area contributed by atoms with Crippen LogP contribution in [0.5, 0.6) is 11.5 Å². The third kappa shape index (κ3) is 5.40. The molecule has 0 aliphatic heterocycles. The minimum Gasteiger partial charge on any atom is -0.493 e. The van der Waals surface area contributed by atoms with E-state index in [2.05, 4.69) is 21.0 Å². The Morgan fingerprint density at radius 3 is 2.63 bits per heavy atom. The number of methoxy groups -OCH3 is 2. The lowest BCUT2D eigenvalue weighted by Gasteiger charge is -2.22. The Hall–Kier alpha value is -3.20. The van der Waals surface area contributed by atoms with Crippen molar-refractivity contribution < 1.29 is 19.0 Å².